The van der Waals surface area contributed by atoms with E-state index in [1.165, 1.54) is 35.2 Å². The molecule has 0 aliphatic rings. The van der Waals surface area contributed by atoms with Crippen molar-refractivity contribution in [2.75, 3.05) is 24.9 Å². The largest absolute Gasteiger partial charge is 0.497 e. The summed E-state index contributed by atoms with van der Waals surface area (Å²) in [5, 5.41) is 0. The average molecular weight is 423 g/mol. The number of hydrogen-bond donors (Lipinski definition) is 0. The van der Waals surface area contributed by atoms with Crippen LogP contribution in [0.5, 0.6) is 5.75 Å². The Labute approximate surface area is 169 Å². The summed E-state index contributed by atoms with van der Waals surface area (Å²) in [5.41, 5.74) is 1.05. The predicted molar refractivity (Wildman–Crippen MR) is 112 cm³/mol. The molecule has 3 aromatic rings. The third-order valence-electron chi connectivity index (χ3n) is 3.81. The maximum Gasteiger partial charge on any atom is 0.258 e. The van der Waals surface area contributed by atoms with E-state index < -0.39 is 0 Å². The fraction of sp³-hybridized carbons (Fsp3) is 0.263. The van der Waals surface area contributed by atoms with Crippen LogP contribution in [0.4, 0.5) is 4.39 Å². The molecule has 0 saturated carbocycles. The Kier molecular flexibility index (Phi) is 6.98. The number of ether oxygens (including phenoxy) is 1. The van der Waals surface area contributed by atoms with Crippen molar-refractivity contribution < 1.29 is 13.9 Å². The number of carbonyl (C=O) groups excluding carboxylic acids is 1. The zero-order chi connectivity index (χ0) is 19.2. The standard InChI is InChI=1S/C19H19FN2O2S3/c1-24-14-5-8-16-17(11-14)27-19(22(16)9-10-25-2)21-18(23)12-26-15-6-3-13(20)4-7-15/h3-8,11H,9-10,12H2,1-2H3. The number of hydrogen-bond acceptors (Lipinski definition) is 5. The molecule has 0 unspecified atom stereocenters. The van der Waals surface area contributed by atoms with Crippen molar-refractivity contribution >= 4 is 51.0 Å². The number of thioether (sulfide) groups is 2. The molecule has 8 heteroatoms. The van der Waals surface area contributed by atoms with Gasteiger partial charge in [-0.3, -0.25) is 4.79 Å². The van der Waals surface area contributed by atoms with Crippen LogP contribution in [0, 0.1) is 5.82 Å². The predicted octanol–water partition coefficient (Wildman–Crippen LogP) is 4.43. The van der Waals surface area contributed by atoms with Gasteiger partial charge in [0.05, 0.1) is 23.1 Å². The highest BCUT2D eigenvalue weighted by Crippen LogP contribution is 2.23. The molecular formula is C19H19FN2O2S3. The zero-order valence-corrected chi connectivity index (χ0v) is 17.4. The quantitative estimate of drug-likeness (QED) is 0.528. The molecule has 3 rings (SSSR count). The Balaban J connectivity index is 1.86. The Morgan fingerprint density at radius 2 is 2.04 bits per heavy atom. The summed E-state index contributed by atoms with van der Waals surface area (Å²) in [6.07, 6.45) is 2.06. The molecule has 1 amide bonds. The Morgan fingerprint density at radius 1 is 1.26 bits per heavy atom. The van der Waals surface area contributed by atoms with Gasteiger partial charge in [-0.1, -0.05) is 11.3 Å². The van der Waals surface area contributed by atoms with E-state index in [1.807, 2.05) is 18.2 Å². The van der Waals surface area contributed by atoms with Gasteiger partial charge in [0.15, 0.2) is 4.80 Å². The molecule has 0 atom stereocenters. The van der Waals surface area contributed by atoms with Crippen LogP contribution in [0.3, 0.4) is 0 Å². The fourth-order valence-corrected chi connectivity index (χ4v) is 4.63. The first-order chi connectivity index (χ1) is 13.1. The molecule has 0 aliphatic heterocycles. The second kappa shape index (κ2) is 9.43. The smallest absolute Gasteiger partial charge is 0.258 e. The fourth-order valence-electron chi connectivity index (χ4n) is 2.48. The topological polar surface area (TPSA) is 43.6 Å². The summed E-state index contributed by atoms with van der Waals surface area (Å²) in [6.45, 7) is 0.782. The second-order valence-corrected chi connectivity index (χ2v) is 8.65. The first-order valence-electron chi connectivity index (χ1n) is 8.23. The summed E-state index contributed by atoms with van der Waals surface area (Å²) in [7, 11) is 1.64. The van der Waals surface area contributed by atoms with Gasteiger partial charge < -0.3 is 9.30 Å². The molecule has 27 heavy (non-hydrogen) atoms. The van der Waals surface area contributed by atoms with E-state index in [1.54, 1.807) is 31.0 Å². The first kappa shape index (κ1) is 20.0. The molecule has 4 nitrogen and oxygen atoms in total. The molecule has 0 radical (unpaired) electrons. The Bertz CT molecular complexity index is 996. The van der Waals surface area contributed by atoms with Crippen molar-refractivity contribution in [2.45, 2.75) is 11.4 Å². The summed E-state index contributed by atoms with van der Waals surface area (Å²) < 4.78 is 21.4. The van der Waals surface area contributed by atoms with E-state index in [2.05, 4.69) is 15.8 Å². The molecule has 0 fully saturated rings. The van der Waals surface area contributed by atoms with Crippen molar-refractivity contribution in [1.82, 2.24) is 4.57 Å². The number of fused-ring (bicyclic) bond motifs is 1. The van der Waals surface area contributed by atoms with Gasteiger partial charge in [0.2, 0.25) is 0 Å². The maximum absolute atomic E-state index is 13.0. The van der Waals surface area contributed by atoms with Crippen LogP contribution in [-0.4, -0.2) is 35.3 Å². The molecule has 0 spiro atoms. The molecule has 1 heterocycles. The highest BCUT2D eigenvalue weighted by atomic mass is 32.2. The summed E-state index contributed by atoms with van der Waals surface area (Å²) in [6, 6.07) is 12.0. The normalized spacial score (nSPS) is 11.9. The van der Waals surface area contributed by atoms with Gasteiger partial charge >= 0.3 is 0 Å². The third-order valence-corrected chi connectivity index (χ3v) is 6.43. The van der Waals surface area contributed by atoms with Crippen LogP contribution < -0.4 is 9.54 Å². The summed E-state index contributed by atoms with van der Waals surface area (Å²) >= 11 is 4.59. The van der Waals surface area contributed by atoms with E-state index in [0.29, 0.717) is 4.80 Å². The van der Waals surface area contributed by atoms with Gasteiger partial charge in [0.25, 0.3) is 5.91 Å². The van der Waals surface area contributed by atoms with Gasteiger partial charge in [-0.05, 0) is 48.7 Å². The molecule has 0 N–H and O–H groups in total. The lowest BCUT2D eigenvalue weighted by molar-refractivity contribution is -0.115. The minimum absolute atomic E-state index is 0.208. The van der Waals surface area contributed by atoms with Gasteiger partial charge in [-0.25, -0.2) is 4.39 Å². The Hall–Kier alpha value is -1.77. The van der Waals surface area contributed by atoms with Crippen LogP contribution in [-0.2, 0) is 11.3 Å². The van der Waals surface area contributed by atoms with Gasteiger partial charge in [-0.2, -0.15) is 16.8 Å². The number of carbonyl (C=O) groups is 1. The van der Waals surface area contributed by atoms with E-state index in [-0.39, 0.29) is 17.5 Å². The molecule has 1 aromatic heterocycles. The molecule has 0 saturated heterocycles. The van der Waals surface area contributed by atoms with Crippen molar-refractivity contribution in [3.8, 4) is 5.75 Å². The van der Waals surface area contributed by atoms with Crippen molar-refractivity contribution in [3.63, 3.8) is 0 Å². The lowest BCUT2D eigenvalue weighted by Crippen LogP contribution is -2.18. The first-order valence-corrected chi connectivity index (χ1v) is 11.4. The number of rotatable bonds is 7. The Morgan fingerprint density at radius 3 is 2.74 bits per heavy atom. The second-order valence-electron chi connectivity index (χ2n) is 5.61. The van der Waals surface area contributed by atoms with Crippen molar-refractivity contribution in [3.05, 3.63) is 53.1 Å². The average Bonchev–Trinajstić information content (AvgIpc) is 3.01. The number of benzene rings is 2. The lowest BCUT2D eigenvalue weighted by atomic mass is 10.3. The number of amides is 1. The maximum atomic E-state index is 13.0. The summed E-state index contributed by atoms with van der Waals surface area (Å²) in [5.74, 6) is 1.44. The van der Waals surface area contributed by atoms with Crippen molar-refractivity contribution in [2.24, 2.45) is 4.99 Å². The van der Waals surface area contributed by atoms with Gasteiger partial charge in [-0.15, -0.1) is 11.8 Å². The van der Waals surface area contributed by atoms with E-state index in [9.17, 15) is 9.18 Å². The number of methoxy groups -OCH3 is 1. The number of aromatic nitrogens is 1. The number of thiazole rings is 1. The monoisotopic (exact) mass is 422 g/mol. The van der Waals surface area contributed by atoms with E-state index in [0.717, 1.165) is 33.2 Å². The molecule has 142 valence electrons. The highest BCUT2D eigenvalue weighted by molar-refractivity contribution is 8.00. The van der Waals surface area contributed by atoms with Crippen LogP contribution >= 0.6 is 34.9 Å². The molecule has 0 bridgehead atoms. The number of halogens is 1. The number of aryl methyl sites for hydroxylation is 1. The van der Waals surface area contributed by atoms with Crippen LogP contribution in [0.25, 0.3) is 10.2 Å². The number of nitrogens with zero attached hydrogens (tertiary/aromatic N) is 2. The lowest BCUT2D eigenvalue weighted by Gasteiger charge is -2.04. The zero-order valence-electron chi connectivity index (χ0n) is 15.0. The van der Waals surface area contributed by atoms with Gasteiger partial charge in [0.1, 0.15) is 11.6 Å². The van der Waals surface area contributed by atoms with Gasteiger partial charge in [0, 0.05) is 17.2 Å². The van der Waals surface area contributed by atoms with Crippen LogP contribution in [0.1, 0.15) is 0 Å². The van der Waals surface area contributed by atoms with Crippen LogP contribution in [0.15, 0.2) is 52.4 Å². The van der Waals surface area contributed by atoms with E-state index >= 15 is 0 Å². The molecule has 2 aromatic carbocycles. The molecule has 0 aliphatic carbocycles. The van der Waals surface area contributed by atoms with Crippen LogP contribution in [0.2, 0.25) is 0 Å². The van der Waals surface area contributed by atoms with Crippen molar-refractivity contribution in [1.29, 1.82) is 0 Å². The third kappa shape index (κ3) is 5.15. The highest BCUT2D eigenvalue weighted by Gasteiger charge is 2.09. The molecular weight excluding hydrogens is 403 g/mol. The summed E-state index contributed by atoms with van der Waals surface area (Å²) in [4.78, 5) is 18.3. The van der Waals surface area contributed by atoms with E-state index in [4.69, 9.17) is 4.74 Å². The SMILES string of the molecule is COc1ccc2c(c1)sc(=NC(=O)CSc1ccc(F)cc1)n2CCSC. The minimum atomic E-state index is -0.286. The minimum Gasteiger partial charge on any atom is -0.497 e.